The molecule has 0 radical (unpaired) electrons. The Morgan fingerprint density at radius 3 is 2.92 bits per heavy atom. The Bertz CT molecular complexity index is 230. The van der Waals surface area contributed by atoms with Crippen molar-refractivity contribution in [1.82, 2.24) is 0 Å². The molecule has 0 aliphatic heterocycles. The van der Waals surface area contributed by atoms with Gasteiger partial charge in [0, 0.05) is 0 Å². The zero-order valence-corrected chi connectivity index (χ0v) is 7.82. The molecule has 0 aromatic rings. The van der Waals surface area contributed by atoms with Crippen LogP contribution < -0.4 is 0 Å². The molecule has 0 rings (SSSR count). The summed E-state index contributed by atoms with van der Waals surface area (Å²) in [6, 6.07) is 0. The van der Waals surface area contributed by atoms with Crippen molar-refractivity contribution in [3.8, 4) is 0 Å². The van der Waals surface area contributed by atoms with E-state index < -0.39 is 5.97 Å². The highest BCUT2D eigenvalue weighted by Crippen LogP contribution is 2.04. The molecule has 0 aliphatic carbocycles. The monoisotopic (exact) mass is 182 g/mol. The Morgan fingerprint density at radius 1 is 1.69 bits per heavy atom. The molecule has 0 saturated heterocycles. The van der Waals surface area contributed by atoms with Crippen molar-refractivity contribution in [1.29, 1.82) is 0 Å². The number of ether oxygens (including phenoxy) is 1. The third kappa shape index (κ3) is 6.97. The van der Waals surface area contributed by atoms with Gasteiger partial charge in [0.1, 0.15) is 6.61 Å². The molecular formula is C9H14N2O2. The molecule has 4 heteroatoms. The van der Waals surface area contributed by atoms with Crippen LogP contribution in [0.4, 0.5) is 0 Å². The van der Waals surface area contributed by atoms with Crippen LogP contribution in [-0.4, -0.2) is 23.6 Å². The minimum absolute atomic E-state index is 0.199. The van der Waals surface area contributed by atoms with Crippen LogP contribution >= 0.6 is 0 Å². The minimum atomic E-state index is -0.653. The third-order valence-corrected chi connectivity index (χ3v) is 1.47. The molecular weight excluding hydrogens is 168 g/mol. The molecule has 0 N–H and O–H groups in total. The molecule has 0 saturated carbocycles. The van der Waals surface area contributed by atoms with Crippen LogP contribution in [0, 0.1) is 0 Å². The molecule has 13 heavy (non-hydrogen) atoms. The van der Waals surface area contributed by atoms with E-state index in [-0.39, 0.29) is 6.61 Å². The van der Waals surface area contributed by atoms with Crippen LogP contribution in [0.1, 0.15) is 26.2 Å². The fourth-order valence-corrected chi connectivity index (χ4v) is 0.757. The quantitative estimate of drug-likeness (QED) is 0.206. The lowest BCUT2D eigenvalue weighted by Gasteiger charge is -2.02. The van der Waals surface area contributed by atoms with E-state index in [4.69, 9.17) is 10.3 Å². The zero-order valence-electron chi connectivity index (χ0n) is 7.82. The number of carbonyl (C=O) groups is 1. The molecule has 4 nitrogen and oxygen atoms in total. The number of rotatable bonds is 6. The van der Waals surface area contributed by atoms with Gasteiger partial charge >= 0.3 is 12.2 Å². The van der Waals surface area contributed by atoms with Gasteiger partial charge in [-0.1, -0.05) is 19.9 Å². The van der Waals surface area contributed by atoms with E-state index in [1.54, 1.807) is 0 Å². The summed E-state index contributed by atoms with van der Waals surface area (Å²) < 4.78 is 4.69. The highest BCUT2D eigenvalue weighted by molar-refractivity contribution is 6.20. The molecule has 0 aliphatic rings. The average molecular weight is 182 g/mol. The second kappa shape index (κ2) is 7.25. The van der Waals surface area contributed by atoms with Gasteiger partial charge in [0.05, 0.1) is 0 Å². The Kier molecular flexibility index (Phi) is 6.46. The highest BCUT2D eigenvalue weighted by atomic mass is 16.5. The van der Waals surface area contributed by atoms with Crippen LogP contribution in [-0.2, 0) is 9.53 Å². The van der Waals surface area contributed by atoms with E-state index in [0.29, 0.717) is 6.21 Å². The van der Waals surface area contributed by atoms with Crippen molar-refractivity contribution in [3.63, 3.8) is 0 Å². The summed E-state index contributed by atoms with van der Waals surface area (Å²) >= 11 is 0. The second-order valence-corrected chi connectivity index (χ2v) is 2.71. The van der Waals surface area contributed by atoms with Gasteiger partial charge in [0.2, 0.25) is 0 Å². The number of unbranched alkanes of at least 4 members (excludes halogenated alkanes) is 1. The summed E-state index contributed by atoms with van der Waals surface area (Å²) in [5.41, 5.74) is 8.87. The van der Waals surface area contributed by atoms with Gasteiger partial charge in [0.15, 0.2) is 0 Å². The fourth-order valence-electron chi connectivity index (χ4n) is 0.757. The largest absolute Gasteiger partial charge is 0.453 e. The zero-order chi connectivity index (χ0) is 10.1. The Labute approximate surface area is 77.8 Å². The summed E-state index contributed by atoms with van der Waals surface area (Å²) in [6.45, 7) is 6.02. The standard InChI is InChI=1S/C9H14N2O2/c1-3-4-5-8(2)7-13-9(12)6-11-10/h6H,2-5,7H2,1H3. The van der Waals surface area contributed by atoms with Crippen LogP contribution in [0.2, 0.25) is 0 Å². The normalized spacial score (nSPS) is 8.69. The van der Waals surface area contributed by atoms with E-state index in [9.17, 15) is 4.79 Å². The van der Waals surface area contributed by atoms with Crippen molar-refractivity contribution < 1.29 is 14.3 Å². The van der Waals surface area contributed by atoms with Crippen LogP contribution in [0.25, 0.3) is 5.53 Å². The Hall–Kier alpha value is -1.41. The predicted molar refractivity (Wildman–Crippen MR) is 49.3 cm³/mol. The molecule has 0 bridgehead atoms. The van der Waals surface area contributed by atoms with E-state index >= 15 is 0 Å². The second-order valence-electron chi connectivity index (χ2n) is 2.71. The number of hydrogen-bond acceptors (Lipinski definition) is 2. The predicted octanol–water partition coefficient (Wildman–Crippen LogP) is 1.58. The molecule has 0 atom stereocenters. The van der Waals surface area contributed by atoms with Gasteiger partial charge in [-0.05, 0) is 18.4 Å². The van der Waals surface area contributed by atoms with Gasteiger partial charge in [-0.2, -0.15) is 4.79 Å². The van der Waals surface area contributed by atoms with Gasteiger partial charge in [-0.3, -0.25) is 0 Å². The molecule has 0 fully saturated rings. The summed E-state index contributed by atoms with van der Waals surface area (Å²) in [5, 5.41) is 0. The maximum Gasteiger partial charge on any atom is 0.413 e. The lowest BCUT2D eigenvalue weighted by Crippen LogP contribution is -2.08. The molecule has 0 amide bonds. The first-order chi connectivity index (χ1) is 6.20. The summed E-state index contributed by atoms with van der Waals surface area (Å²) in [4.78, 5) is 13.2. The van der Waals surface area contributed by atoms with Crippen molar-refractivity contribution in [2.24, 2.45) is 0 Å². The third-order valence-electron chi connectivity index (χ3n) is 1.47. The summed E-state index contributed by atoms with van der Waals surface area (Å²) in [7, 11) is 0. The van der Waals surface area contributed by atoms with Crippen molar-refractivity contribution >= 4 is 12.2 Å². The molecule has 0 aromatic heterocycles. The number of esters is 1. The van der Waals surface area contributed by atoms with Crippen molar-refractivity contribution in [2.45, 2.75) is 26.2 Å². The van der Waals surface area contributed by atoms with Crippen LogP contribution in [0.3, 0.4) is 0 Å². The maximum absolute atomic E-state index is 10.6. The summed E-state index contributed by atoms with van der Waals surface area (Å²) in [6.07, 6.45) is 3.71. The van der Waals surface area contributed by atoms with Crippen molar-refractivity contribution in [3.05, 3.63) is 17.7 Å². The Morgan fingerprint density at radius 2 is 2.38 bits per heavy atom. The van der Waals surface area contributed by atoms with Gasteiger partial charge in [0.25, 0.3) is 0 Å². The molecule has 0 spiro atoms. The molecule has 72 valence electrons. The van der Waals surface area contributed by atoms with Gasteiger partial charge < -0.3 is 10.3 Å². The first-order valence-corrected chi connectivity index (χ1v) is 4.21. The maximum atomic E-state index is 10.6. The lowest BCUT2D eigenvalue weighted by molar-refractivity contribution is -0.138. The number of nitrogens with zero attached hydrogens (tertiary/aromatic N) is 2. The number of carbonyl (C=O) groups excluding carboxylic acids is 1. The van der Waals surface area contributed by atoms with Crippen LogP contribution in [0.5, 0.6) is 0 Å². The lowest BCUT2D eigenvalue weighted by atomic mass is 10.1. The smallest absolute Gasteiger partial charge is 0.413 e. The van der Waals surface area contributed by atoms with Crippen LogP contribution in [0.15, 0.2) is 12.2 Å². The van der Waals surface area contributed by atoms with E-state index in [2.05, 4.69) is 18.3 Å². The molecule has 0 aromatic carbocycles. The first-order valence-electron chi connectivity index (χ1n) is 4.21. The van der Waals surface area contributed by atoms with E-state index in [1.165, 1.54) is 0 Å². The van der Waals surface area contributed by atoms with Gasteiger partial charge in [-0.25, -0.2) is 4.79 Å². The van der Waals surface area contributed by atoms with E-state index in [0.717, 1.165) is 24.8 Å². The topological polar surface area (TPSA) is 62.7 Å². The van der Waals surface area contributed by atoms with Gasteiger partial charge in [-0.15, -0.1) is 0 Å². The van der Waals surface area contributed by atoms with Crippen molar-refractivity contribution in [2.75, 3.05) is 6.61 Å². The molecule has 0 heterocycles. The first kappa shape index (κ1) is 11.6. The minimum Gasteiger partial charge on any atom is -0.453 e. The Balaban J connectivity index is 3.57. The highest BCUT2D eigenvalue weighted by Gasteiger charge is 2.03. The fraction of sp³-hybridized carbons (Fsp3) is 0.556. The van der Waals surface area contributed by atoms with E-state index in [1.807, 2.05) is 0 Å². The number of hydrogen-bond donors (Lipinski definition) is 0. The molecule has 0 unspecified atom stereocenters. The summed E-state index contributed by atoms with van der Waals surface area (Å²) in [5.74, 6) is -0.653. The SMILES string of the molecule is C=C(CCCC)COC(=O)C=[N+]=[N-]. The average Bonchev–Trinajstić information content (AvgIpc) is 2.12.